The summed E-state index contributed by atoms with van der Waals surface area (Å²) in [6.45, 7) is 4.39. The van der Waals surface area contributed by atoms with E-state index in [2.05, 4.69) is 15.2 Å². The highest BCUT2D eigenvalue weighted by atomic mass is 16.4. The molecular formula is C20H25N3O3. The molecule has 138 valence electrons. The van der Waals surface area contributed by atoms with Crippen LogP contribution < -0.4 is 15.6 Å². The van der Waals surface area contributed by atoms with Crippen molar-refractivity contribution in [1.29, 1.82) is 0 Å². The summed E-state index contributed by atoms with van der Waals surface area (Å²) in [4.78, 5) is 28.7. The van der Waals surface area contributed by atoms with Crippen molar-refractivity contribution in [3.05, 3.63) is 40.2 Å². The molecule has 0 atom stereocenters. The fourth-order valence-corrected chi connectivity index (χ4v) is 4.51. The van der Waals surface area contributed by atoms with Crippen LogP contribution in [0.3, 0.4) is 0 Å². The van der Waals surface area contributed by atoms with Gasteiger partial charge in [-0.2, -0.15) is 0 Å². The van der Waals surface area contributed by atoms with Crippen molar-refractivity contribution in [3.63, 3.8) is 0 Å². The van der Waals surface area contributed by atoms with E-state index in [4.69, 9.17) is 5.11 Å². The first-order valence-electron chi connectivity index (χ1n) is 9.48. The second kappa shape index (κ2) is 7.11. The number of aromatic carboxylic acids is 1. The van der Waals surface area contributed by atoms with E-state index in [0.717, 1.165) is 43.7 Å². The number of nitrogens with zero attached hydrogens (tertiary/aromatic N) is 1. The van der Waals surface area contributed by atoms with Gasteiger partial charge in [-0.25, -0.2) is 4.79 Å². The molecule has 2 saturated heterocycles. The largest absolute Gasteiger partial charge is 0.477 e. The average Bonchev–Trinajstić information content (AvgIpc) is 2.68. The zero-order valence-corrected chi connectivity index (χ0v) is 14.8. The summed E-state index contributed by atoms with van der Waals surface area (Å²) >= 11 is 0. The highest BCUT2D eigenvalue weighted by Crippen LogP contribution is 2.32. The Morgan fingerprint density at radius 1 is 1.08 bits per heavy atom. The molecule has 2 fully saturated rings. The molecule has 2 aromatic rings. The number of carboxylic acid groups (broad SMARTS) is 1. The van der Waals surface area contributed by atoms with E-state index in [1.165, 1.54) is 31.9 Å². The number of hydrogen-bond donors (Lipinski definition) is 3. The molecule has 4 rings (SSSR count). The van der Waals surface area contributed by atoms with E-state index in [-0.39, 0.29) is 5.56 Å². The molecule has 3 N–H and O–H groups in total. The van der Waals surface area contributed by atoms with Gasteiger partial charge in [0.15, 0.2) is 0 Å². The van der Waals surface area contributed by atoms with Gasteiger partial charge in [-0.05, 0) is 68.8 Å². The summed E-state index contributed by atoms with van der Waals surface area (Å²) in [5, 5.41) is 13.0. The summed E-state index contributed by atoms with van der Waals surface area (Å²) in [6.07, 6.45) is 6.33. The fourth-order valence-electron chi connectivity index (χ4n) is 4.51. The molecular weight excluding hydrogens is 330 g/mol. The first-order chi connectivity index (χ1) is 12.6. The van der Waals surface area contributed by atoms with Gasteiger partial charge in [-0.15, -0.1) is 0 Å². The van der Waals surface area contributed by atoms with Crippen LogP contribution in [0.25, 0.3) is 10.9 Å². The predicted octanol–water partition coefficient (Wildman–Crippen LogP) is 2.44. The van der Waals surface area contributed by atoms with Crippen molar-refractivity contribution in [2.75, 3.05) is 31.1 Å². The second-order valence-electron chi connectivity index (χ2n) is 7.48. The molecule has 0 unspecified atom stereocenters. The van der Waals surface area contributed by atoms with E-state index in [0.29, 0.717) is 10.9 Å². The fraction of sp³-hybridized carbons (Fsp3) is 0.500. The normalized spacial score (nSPS) is 19.8. The van der Waals surface area contributed by atoms with E-state index < -0.39 is 11.4 Å². The van der Waals surface area contributed by atoms with Crippen LogP contribution in [0.4, 0.5) is 5.69 Å². The molecule has 0 radical (unpaired) electrons. The molecule has 26 heavy (non-hydrogen) atoms. The lowest BCUT2D eigenvalue weighted by Gasteiger charge is -2.38. The molecule has 3 heterocycles. The van der Waals surface area contributed by atoms with Gasteiger partial charge in [0.05, 0.1) is 5.52 Å². The Labute approximate surface area is 152 Å². The summed E-state index contributed by atoms with van der Waals surface area (Å²) in [6, 6.07) is 5.65. The number of H-pyrrole nitrogens is 1. The van der Waals surface area contributed by atoms with Gasteiger partial charge in [-0.1, -0.05) is 0 Å². The number of benzene rings is 1. The molecule has 0 spiro atoms. The van der Waals surface area contributed by atoms with Crippen LogP contribution in [0.1, 0.15) is 36.0 Å². The highest BCUT2D eigenvalue weighted by molar-refractivity contribution is 5.93. The standard InChI is InChI=1S/C20H25N3O3/c24-19-16-2-1-15(11-18(16)22-12-17(19)20(25)26)23-9-5-14(6-10-23)13-3-7-21-8-4-13/h1-2,11-14,21H,3-10H2,(H,22,24)(H,25,26). The van der Waals surface area contributed by atoms with Crippen molar-refractivity contribution in [3.8, 4) is 0 Å². The molecule has 0 bridgehead atoms. The number of nitrogens with one attached hydrogen (secondary N) is 2. The van der Waals surface area contributed by atoms with E-state index >= 15 is 0 Å². The maximum Gasteiger partial charge on any atom is 0.341 e. The number of carbonyl (C=O) groups is 1. The molecule has 0 amide bonds. The SMILES string of the molecule is O=C(O)c1c[nH]c2cc(N3CCC(C4CCNCC4)CC3)ccc2c1=O. The molecule has 2 aliphatic rings. The first-order valence-corrected chi connectivity index (χ1v) is 9.48. The van der Waals surface area contributed by atoms with Crippen LogP contribution in [0, 0.1) is 11.8 Å². The van der Waals surface area contributed by atoms with Crippen molar-refractivity contribution in [1.82, 2.24) is 10.3 Å². The van der Waals surface area contributed by atoms with Crippen LogP contribution in [0.2, 0.25) is 0 Å². The van der Waals surface area contributed by atoms with Crippen LogP contribution >= 0.6 is 0 Å². The van der Waals surface area contributed by atoms with Crippen molar-refractivity contribution >= 4 is 22.6 Å². The quantitative estimate of drug-likeness (QED) is 0.787. The molecule has 6 nitrogen and oxygen atoms in total. The zero-order chi connectivity index (χ0) is 18.1. The minimum absolute atomic E-state index is 0.215. The topological polar surface area (TPSA) is 85.4 Å². The van der Waals surface area contributed by atoms with Gasteiger partial charge in [0, 0.05) is 30.4 Å². The second-order valence-corrected chi connectivity index (χ2v) is 7.48. The number of anilines is 1. The van der Waals surface area contributed by atoms with Gasteiger partial charge in [0.25, 0.3) is 0 Å². The van der Waals surface area contributed by atoms with E-state index in [9.17, 15) is 9.59 Å². The third-order valence-corrected chi connectivity index (χ3v) is 6.05. The summed E-state index contributed by atoms with van der Waals surface area (Å²) in [7, 11) is 0. The summed E-state index contributed by atoms with van der Waals surface area (Å²) < 4.78 is 0. The minimum atomic E-state index is -1.20. The van der Waals surface area contributed by atoms with E-state index in [1.54, 1.807) is 6.07 Å². The number of piperidine rings is 2. The lowest BCUT2D eigenvalue weighted by molar-refractivity contribution is 0.0695. The van der Waals surface area contributed by atoms with Gasteiger partial charge in [-0.3, -0.25) is 4.79 Å². The Bertz CT molecular complexity index is 862. The first kappa shape index (κ1) is 17.1. The maximum atomic E-state index is 12.3. The average molecular weight is 355 g/mol. The van der Waals surface area contributed by atoms with Crippen molar-refractivity contribution in [2.45, 2.75) is 25.7 Å². The Balaban J connectivity index is 1.50. The smallest absolute Gasteiger partial charge is 0.341 e. The monoisotopic (exact) mass is 355 g/mol. The Kier molecular flexibility index (Phi) is 4.68. The minimum Gasteiger partial charge on any atom is -0.477 e. The number of fused-ring (bicyclic) bond motifs is 1. The Morgan fingerprint density at radius 2 is 1.77 bits per heavy atom. The highest BCUT2D eigenvalue weighted by Gasteiger charge is 2.27. The molecule has 6 heteroatoms. The predicted molar refractivity (Wildman–Crippen MR) is 102 cm³/mol. The third-order valence-electron chi connectivity index (χ3n) is 6.05. The van der Waals surface area contributed by atoms with Crippen molar-refractivity contribution in [2.24, 2.45) is 11.8 Å². The number of rotatable bonds is 3. The van der Waals surface area contributed by atoms with Gasteiger partial charge in [0.2, 0.25) is 5.43 Å². The Hall–Kier alpha value is -2.34. The summed E-state index contributed by atoms with van der Waals surface area (Å²) in [5.41, 5.74) is 1.15. The number of pyridine rings is 1. The molecule has 0 saturated carbocycles. The van der Waals surface area contributed by atoms with Crippen molar-refractivity contribution < 1.29 is 9.90 Å². The Morgan fingerprint density at radius 3 is 2.46 bits per heavy atom. The molecule has 0 aliphatic carbocycles. The zero-order valence-electron chi connectivity index (χ0n) is 14.8. The van der Waals surface area contributed by atoms with E-state index in [1.807, 2.05) is 12.1 Å². The number of carboxylic acids is 1. The van der Waals surface area contributed by atoms with Crippen LogP contribution in [0.5, 0.6) is 0 Å². The van der Waals surface area contributed by atoms with Gasteiger partial charge < -0.3 is 20.3 Å². The lowest BCUT2D eigenvalue weighted by atomic mass is 9.79. The van der Waals surface area contributed by atoms with Gasteiger partial charge >= 0.3 is 5.97 Å². The third kappa shape index (κ3) is 3.21. The lowest BCUT2D eigenvalue weighted by Crippen LogP contribution is -2.39. The number of aromatic nitrogens is 1. The number of aromatic amines is 1. The van der Waals surface area contributed by atoms with Crippen LogP contribution in [-0.2, 0) is 0 Å². The molecule has 1 aromatic heterocycles. The number of hydrogen-bond acceptors (Lipinski definition) is 4. The van der Waals surface area contributed by atoms with Gasteiger partial charge in [0.1, 0.15) is 5.56 Å². The molecule has 1 aromatic carbocycles. The van der Waals surface area contributed by atoms with Crippen LogP contribution in [-0.4, -0.2) is 42.2 Å². The maximum absolute atomic E-state index is 12.3. The van der Waals surface area contributed by atoms with Crippen LogP contribution in [0.15, 0.2) is 29.2 Å². The summed E-state index contributed by atoms with van der Waals surface area (Å²) in [5.74, 6) is 0.491. The molecule has 2 aliphatic heterocycles.